The number of aromatic nitrogens is 7. The van der Waals surface area contributed by atoms with E-state index in [1.165, 1.54) is 120 Å². The van der Waals surface area contributed by atoms with Gasteiger partial charge in [-0.15, -0.1) is 166 Å². The standard InChI is InChI=1S/C20H18N.C18H14N.2C16H8F2N.C16H10N.2C6H5NO2.2Ir.3Pt/c1-3-20(4-2)16-10-6-5-9-15(16)19-18-14(12-13-21-19)8-7-11-17(18)20;1-18(2)14-8-4-3-7-13(14)17-16-12(10-11-19-17)6-5-9-15(16)18;2*17-16(18)12-6-2-1-5-11(12)15-14-10(8-9-19-15)4-3-7-13(14)16;1-2-7-14-12(4-1)10-13-6-3-5-11-8-9-17-16(14)15(11)13;2*8-6(9)5-3-1-2-4-7-5;;;;;/h5-8,10-13H,3-4H2,1-2H3;3-6,8-11H,1-2H3;2*1-4,6-9H;1-6,8-9H,10H2;2*1-4H,(H,8,9);;;;;/q5*-1;;;;;;;. The molecule has 7 heterocycles. The van der Waals surface area contributed by atoms with Crippen LogP contribution in [0.15, 0.2) is 292 Å². The minimum absolute atomic E-state index is 0. The second kappa shape index (κ2) is 37.2. The molecule has 5 aliphatic carbocycles. The van der Waals surface area contributed by atoms with Gasteiger partial charge < -0.3 is 35.1 Å². The number of nitrogens with zero attached hydrogens (tertiary/aromatic N) is 7. The van der Waals surface area contributed by atoms with E-state index in [2.05, 4.69) is 196 Å². The van der Waals surface area contributed by atoms with E-state index in [1.54, 1.807) is 85.2 Å². The van der Waals surface area contributed by atoms with E-state index in [9.17, 15) is 27.2 Å². The number of hydrogen-bond donors (Lipinski definition) is 2. The zero-order valence-corrected chi connectivity index (χ0v) is 74.9. The first-order valence-corrected chi connectivity index (χ1v) is 36.9. The number of aromatic carboxylic acids is 2. The molecular formula is C98H68F4Ir2N7O4Pt3-5. The fourth-order valence-electron chi connectivity index (χ4n) is 16.4. The molecule has 2 N–H and O–H groups in total. The normalized spacial score (nSPS) is 13.2. The van der Waals surface area contributed by atoms with E-state index in [4.69, 9.17) is 10.2 Å². The van der Waals surface area contributed by atoms with Crippen LogP contribution in [0.1, 0.15) is 117 Å². The summed E-state index contributed by atoms with van der Waals surface area (Å²) < 4.78 is 58.4. The minimum atomic E-state index is -3.00. The van der Waals surface area contributed by atoms with Crippen molar-refractivity contribution < 1.29 is 141 Å². The van der Waals surface area contributed by atoms with Crippen LogP contribution in [0.3, 0.4) is 0 Å². The van der Waals surface area contributed by atoms with Gasteiger partial charge >= 0.3 is 11.9 Å². The Labute approximate surface area is 749 Å². The average molecular weight is 2450 g/mol. The zero-order valence-electron chi connectivity index (χ0n) is 63.3. The number of pyridine rings is 7. The van der Waals surface area contributed by atoms with E-state index in [0.717, 1.165) is 58.2 Å². The van der Waals surface area contributed by atoms with Gasteiger partial charge in [-0.2, -0.15) is 0 Å². The molecule has 0 fully saturated rings. The molecule has 11 nitrogen and oxygen atoms in total. The predicted molar refractivity (Wildman–Crippen MR) is 435 cm³/mol. The number of rotatable bonds is 4. The summed E-state index contributed by atoms with van der Waals surface area (Å²) in [5.74, 6) is -7.98. The second-order valence-corrected chi connectivity index (χ2v) is 28.1. The first-order valence-electron chi connectivity index (χ1n) is 36.9. The molecule has 22 rings (SSSR count). The van der Waals surface area contributed by atoms with Gasteiger partial charge in [-0.3, -0.25) is 0 Å². The fraction of sp³-hybridized carbons (Fsp3) is 0.112. The van der Waals surface area contributed by atoms with Gasteiger partial charge in [-0.25, -0.2) is 37.1 Å². The van der Waals surface area contributed by atoms with Gasteiger partial charge in [-0.1, -0.05) is 160 Å². The van der Waals surface area contributed by atoms with E-state index in [0.29, 0.717) is 33.3 Å². The van der Waals surface area contributed by atoms with E-state index < -0.39 is 23.8 Å². The molecule has 118 heavy (non-hydrogen) atoms. The first kappa shape index (κ1) is 88.4. The number of carboxylic acid groups (broad SMARTS) is 2. The van der Waals surface area contributed by atoms with Crippen LogP contribution in [-0.4, -0.2) is 57.0 Å². The molecule has 600 valence electrons. The van der Waals surface area contributed by atoms with Gasteiger partial charge in [0.1, 0.15) is 11.4 Å². The Balaban J connectivity index is 0.000000136. The van der Waals surface area contributed by atoms with Crippen molar-refractivity contribution in [3.8, 4) is 56.3 Å². The summed E-state index contributed by atoms with van der Waals surface area (Å²) in [7, 11) is 0. The van der Waals surface area contributed by atoms with E-state index in [1.807, 2.05) is 55.0 Å². The molecule has 2 radical (unpaired) electrons. The zero-order chi connectivity index (χ0) is 78.2. The molecular weight excluding hydrogens is 2380 g/mol. The molecule has 0 saturated heterocycles. The maximum Gasteiger partial charge on any atom is 0.354 e. The molecule has 0 atom stereocenters. The summed E-state index contributed by atoms with van der Waals surface area (Å²) in [4.78, 5) is 49.8. The maximum atomic E-state index is 14.6. The predicted octanol–water partition coefficient (Wildman–Crippen LogP) is 22.9. The molecule has 0 saturated carbocycles. The third-order valence-electron chi connectivity index (χ3n) is 21.7. The van der Waals surface area contributed by atoms with Crippen molar-refractivity contribution in [2.45, 2.75) is 69.6 Å². The van der Waals surface area contributed by atoms with Crippen molar-refractivity contribution in [3.05, 3.63) is 389 Å². The summed E-state index contributed by atoms with van der Waals surface area (Å²) in [6, 6.07) is 93.0. The monoisotopic (exact) mass is 2450 g/mol. The Morgan fingerprint density at radius 2 is 0.627 bits per heavy atom. The Morgan fingerprint density at radius 3 is 1.02 bits per heavy atom. The van der Waals surface area contributed by atoms with Crippen LogP contribution in [0.4, 0.5) is 17.6 Å². The summed E-state index contributed by atoms with van der Waals surface area (Å²) in [5.41, 5.74) is 17.2. The number of halogens is 4. The third-order valence-corrected chi connectivity index (χ3v) is 21.7. The van der Waals surface area contributed by atoms with Gasteiger partial charge in [0, 0.05) is 158 Å². The number of carboxylic acids is 2. The third kappa shape index (κ3) is 16.2. The van der Waals surface area contributed by atoms with E-state index in [-0.39, 0.29) is 148 Å². The van der Waals surface area contributed by atoms with Crippen LogP contribution in [-0.2, 0) is 133 Å². The Morgan fingerprint density at radius 1 is 0.322 bits per heavy atom. The number of benzene rings is 10. The number of alkyl halides is 4. The molecule has 17 aromatic rings. The Hall–Kier alpha value is -10.4. The molecule has 0 spiro atoms. The second-order valence-electron chi connectivity index (χ2n) is 28.1. The molecule has 0 aliphatic heterocycles. The molecule has 10 aromatic carbocycles. The molecule has 7 aromatic heterocycles. The molecule has 20 heteroatoms. The SMILES string of the molecule is CC1(C)c2ccc[c-]c2-c2nccc3cccc1c23.CCC1(CC)c2ccc[c-]c2-c2nccc3cccc1c23.FC1(F)c2ccc[c-]c2-c2nccc3cccc1c23.FC1(F)c2ccc[c-]c2-c2nccc3cccc1c23.O=C(O)c1ccccn1.O=C(O)c1ccccn1.[Ir].[Ir].[Pt].[Pt].[Pt].[c-]1cccc2c1-c1nccc3cccc(c13)C2. The number of carbonyl (C=O) groups is 2. The molecule has 0 bridgehead atoms. The van der Waals surface area contributed by atoms with Gasteiger partial charge in [0.25, 0.3) is 11.8 Å². The summed E-state index contributed by atoms with van der Waals surface area (Å²) in [5, 5.41) is 27.0. The van der Waals surface area contributed by atoms with Crippen molar-refractivity contribution >= 4 is 65.8 Å². The maximum absolute atomic E-state index is 14.6. The van der Waals surface area contributed by atoms with E-state index >= 15 is 0 Å². The Kier molecular flexibility index (Phi) is 27.9. The van der Waals surface area contributed by atoms with Gasteiger partial charge in [0.05, 0.1) is 0 Å². The van der Waals surface area contributed by atoms with Crippen LogP contribution in [0, 0.1) is 30.3 Å². The van der Waals surface area contributed by atoms with Crippen molar-refractivity contribution in [2.24, 2.45) is 0 Å². The quantitative estimate of drug-likeness (QED) is 0.127. The first-order chi connectivity index (χ1) is 54.9. The van der Waals surface area contributed by atoms with Crippen molar-refractivity contribution in [2.75, 3.05) is 0 Å². The topological polar surface area (TPSA) is 165 Å². The van der Waals surface area contributed by atoms with Crippen molar-refractivity contribution in [1.82, 2.24) is 34.9 Å². The fourth-order valence-corrected chi connectivity index (χ4v) is 16.4. The van der Waals surface area contributed by atoms with Crippen molar-refractivity contribution in [1.29, 1.82) is 0 Å². The smallest absolute Gasteiger partial charge is 0.354 e. The van der Waals surface area contributed by atoms with Crippen LogP contribution in [0.5, 0.6) is 0 Å². The number of hydrogen-bond acceptors (Lipinski definition) is 9. The van der Waals surface area contributed by atoms with Crippen LogP contribution >= 0.6 is 0 Å². The Bertz CT molecular complexity index is 6160. The average Bonchev–Trinajstić information content (AvgIpc) is 0.728. The number of fused-ring (bicyclic) bond motifs is 10. The molecule has 0 amide bonds. The minimum Gasteiger partial charge on any atom is -0.477 e. The van der Waals surface area contributed by atoms with Crippen LogP contribution in [0.25, 0.3) is 110 Å². The van der Waals surface area contributed by atoms with Crippen LogP contribution in [0.2, 0.25) is 0 Å². The van der Waals surface area contributed by atoms with Crippen molar-refractivity contribution in [3.63, 3.8) is 0 Å². The molecule has 0 unspecified atom stereocenters. The summed E-state index contributed by atoms with van der Waals surface area (Å²) in [6.45, 7) is 9.15. The van der Waals surface area contributed by atoms with Crippen LogP contribution < -0.4 is 0 Å². The molecule has 5 aliphatic rings. The van der Waals surface area contributed by atoms with Gasteiger partial charge in [0.15, 0.2) is 0 Å². The summed E-state index contributed by atoms with van der Waals surface area (Å²) >= 11 is 0. The largest absolute Gasteiger partial charge is 0.477 e. The van der Waals surface area contributed by atoms with Gasteiger partial charge in [-0.05, 0) is 165 Å². The summed E-state index contributed by atoms with van der Waals surface area (Å²) in [6.07, 6.45) is 15.1. The van der Waals surface area contributed by atoms with Gasteiger partial charge in [0.2, 0.25) is 0 Å².